The van der Waals surface area contributed by atoms with E-state index in [1.165, 1.54) is 11.3 Å². The number of nitrogens with two attached hydrogens (primary N) is 2. The van der Waals surface area contributed by atoms with Crippen molar-refractivity contribution in [2.24, 2.45) is 11.5 Å². The molecule has 0 fully saturated rings. The molecule has 20 heavy (non-hydrogen) atoms. The van der Waals surface area contributed by atoms with E-state index in [1.807, 2.05) is 37.3 Å². The summed E-state index contributed by atoms with van der Waals surface area (Å²) in [4.78, 5) is 23.3. The van der Waals surface area contributed by atoms with E-state index in [0.29, 0.717) is 5.00 Å². The molecule has 6 heteroatoms. The van der Waals surface area contributed by atoms with Gasteiger partial charge in [-0.15, -0.1) is 11.3 Å². The fourth-order valence-electron chi connectivity index (χ4n) is 1.92. The first kappa shape index (κ1) is 14.1. The molecule has 0 aliphatic heterocycles. The molecule has 1 heterocycles. The predicted octanol–water partition coefficient (Wildman–Crippen LogP) is 2.49. The Kier molecular flexibility index (Phi) is 4.05. The molecule has 0 spiro atoms. The minimum Gasteiger partial charge on any atom is -0.366 e. The van der Waals surface area contributed by atoms with Crippen molar-refractivity contribution in [1.82, 2.24) is 0 Å². The van der Waals surface area contributed by atoms with Crippen LogP contribution in [0.2, 0.25) is 0 Å². The number of thiophene rings is 1. The van der Waals surface area contributed by atoms with Gasteiger partial charge in [0.1, 0.15) is 5.00 Å². The van der Waals surface area contributed by atoms with Gasteiger partial charge in [-0.05, 0) is 11.6 Å². The Bertz CT molecular complexity index is 637. The van der Waals surface area contributed by atoms with Crippen LogP contribution in [0.3, 0.4) is 0 Å². The zero-order valence-electron chi connectivity index (χ0n) is 10.9. The lowest BCUT2D eigenvalue weighted by molar-refractivity contribution is 0.100. The van der Waals surface area contributed by atoms with Crippen molar-refractivity contribution in [2.75, 3.05) is 5.32 Å². The molecule has 1 unspecified atom stereocenters. The van der Waals surface area contributed by atoms with Crippen molar-refractivity contribution in [1.29, 1.82) is 0 Å². The molecule has 0 radical (unpaired) electrons. The minimum atomic E-state index is -0.715. The number of anilines is 1. The Labute approximate surface area is 120 Å². The van der Waals surface area contributed by atoms with Gasteiger partial charge in [0.05, 0.1) is 5.56 Å². The highest BCUT2D eigenvalue weighted by Gasteiger charge is 2.19. The summed E-state index contributed by atoms with van der Waals surface area (Å²) in [6, 6.07) is 10.9. The van der Waals surface area contributed by atoms with E-state index in [9.17, 15) is 9.59 Å². The van der Waals surface area contributed by atoms with Crippen LogP contribution in [0.25, 0.3) is 0 Å². The topological polar surface area (TPSA) is 98.2 Å². The van der Waals surface area contributed by atoms with Crippen LogP contribution in [0.15, 0.2) is 36.4 Å². The first-order valence-corrected chi connectivity index (χ1v) is 6.85. The lowest BCUT2D eigenvalue weighted by Gasteiger charge is -2.08. The highest BCUT2D eigenvalue weighted by Crippen LogP contribution is 2.35. The monoisotopic (exact) mass is 289 g/mol. The molecule has 104 valence electrons. The number of rotatable bonds is 4. The summed E-state index contributed by atoms with van der Waals surface area (Å²) < 4.78 is 0. The molecule has 2 aromatic rings. The van der Waals surface area contributed by atoms with Gasteiger partial charge in [0.25, 0.3) is 5.91 Å². The van der Waals surface area contributed by atoms with Gasteiger partial charge in [-0.3, -0.25) is 10.1 Å². The number of carbonyl (C=O) groups is 2. The van der Waals surface area contributed by atoms with Gasteiger partial charge in [-0.1, -0.05) is 37.3 Å². The summed E-state index contributed by atoms with van der Waals surface area (Å²) in [6.07, 6.45) is 0. The highest BCUT2D eigenvalue weighted by molar-refractivity contribution is 7.16. The zero-order chi connectivity index (χ0) is 14.7. The number of hydrogen-bond acceptors (Lipinski definition) is 3. The van der Waals surface area contributed by atoms with E-state index < -0.39 is 11.9 Å². The molecule has 0 saturated heterocycles. The van der Waals surface area contributed by atoms with Crippen LogP contribution in [0, 0.1) is 0 Å². The number of amides is 3. The molecule has 5 nitrogen and oxygen atoms in total. The Hall–Kier alpha value is -2.34. The third-order valence-electron chi connectivity index (χ3n) is 2.98. The van der Waals surface area contributed by atoms with E-state index in [2.05, 4.69) is 5.32 Å². The maximum atomic E-state index is 11.4. The summed E-state index contributed by atoms with van der Waals surface area (Å²) in [5, 5.41) is 2.83. The lowest BCUT2D eigenvalue weighted by atomic mass is 9.99. The van der Waals surface area contributed by atoms with Gasteiger partial charge in [0, 0.05) is 10.8 Å². The number of carbonyl (C=O) groups excluding carboxylic acids is 2. The Morgan fingerprint density at radius 3 is 2.40 bits per heavy atom. The van der Waals surface area contributed by atoms with Crippen molar-refractivity contribution in [3.63, 3.8) is 0 Å². The van der Waals surface area contributed by atoms with E-state index in [1.54, 1.807) is 6.07 Å². The maximum Gasteiger partial charge on any atom is 0.317 e. The van der Waals surface area contributed by atoms with Crippen LogP contribution in [-0.4, -0.2) is 11.9 Å². The Morgan fingerprint density at radius 2 is 1.85 bits per heavy atom. The standard InChI is InChI=1S/C14H15N3O2S/c1-8(9-5-3-2-4-6-9)11-7-10(12(15)18)13(20-11)17-14(16)19/h2-8H,1H3,(H2,15,18)(H3,16,17,19). The maximum absolute atomic E-state index is 11.4. The SMILES string of the molecule is CC(c1ccccc1)c1cc(C(N)=O)c(NC(N)=O)s1. The van der Waals surface area contributed by atoms with Crippen LogP contribution >= 0.6 is 11.3 Å². The largest absolute Gasteiger partial charge is 0.366 e. The molecular formula is C14H15N3O2S. The molecule has 0 aliphatic rings. The number of benzene rings is 1. The summed E-state index contributed by atoms with van der Waals surface area (Å²) >= 11 is 1.31. The number of primary amides is 2. The highest BCUT2D eigenvalue weighted by atomic mass is 32.1. The van der Waals surface area contributed by atoms with Crippen molar-refractivity contribution in [3.8, 4) is 0 Å². The quantitative estimate of drug-likeness (QED) is 0.805. The van der Waals surface area contributed by atoms with Crippen molar-refractivity contribution in [3.05, 3.63) is 52.4 Å². The molecule has 0 aliphatic carbocycles. The fourth-order valence-corrected chi connectivity index (χ4v) is 3.06. The number of hydrogen-bond donors (Lipinski definition) is 3. The molecule has 0 bridgehead atoms. The second kappa shape index (κ2) is 5.75. The van der Waals surface area contributed by atoms with Gasteiger partial charge in [-0.25, -0.2) is 4.79 Å². The fraction of sp³-hybridized carbons (Fsp3) is 0.143. The molecule has 1 aromatic carbocycles. The van der Waals surface area contributed by atoms with Crippen molar-refractivity contribution >= 4 is 28.3 Å². The molecule has 2 rings (SSSR count). The van der Waals surface area contributed by atoms with Crippen LogP contribution in [0.1, 0.15) is 33.6 Å². The summed E-state index contributed by atoms with van der Waals surface area (Å²) in [5.41, 5.74) is 11.8. The van der Waals surface area contributed by atoms with Crippen LogP contribution < -0.4 is 16.8 Å². The van der Waals surface area contributed by atoms with Gasteiger partial charge in [0.15, 0.2) is 0 Å². The predicted molar refractivity (Wildman–Crippen MR) is 80.0 cm³/mol. The molecule has 1 aromatic heterocycles. The average molecular weight is 289 g/mol. The first-order valence-electron chi connectivity index (χ1n) is 6.04. The third kappa shape index (κ3) is 2.97. The minimum absolute atomic E-state index is 0.0997. The molecule has 1 atom stereocenters. The van der Waals surface area contributed by atoms with Crippen LogP contribution in [-0.2, 0) is 0 Å². The van der Waals surface area contributed by atoms with Gasteiger partial charge >= 0.3 is 6.03 Å². The van der Waals surface area contributed by atoms with Gasteiger partial charge < -0.3 is 11.5 Å². The second-order valence-corrected chi connectivity index (χ2v) is 5.46. The van der Waals surface area contributed by atoms with Crippen molar-refractivity contribution < 1.29 is 9.59 Å². The van der Waals surface area contributed by atoms with Crippen LogP contribution in [0.5, 0.6) is 0 Å². The van der Waals surface area contributed by atoms with E-state index in [0.717, 1.165) is 10.4 Å². The molecule has 0 saturated carbocycles. The molecule has 5 N–H and O–H groups in total. The molecular weight excluding hydrogens is 274 g/mol. The zero-order valence-corrected chi connectivity index (χ0v) is 11.7. The second-order valence-electron chi connectivity index (χ2n) is 4.38. The number of urea groups is 1. The Morgan fingerprint density at radius 1 is 1.20 bits per heavy atom. The smallest absolute Gasteiger partial charge is 0.317 e. The normalized spacial score (nSPS) is 11.8. The summed E-state index contributed by atoms with van der Waals surface area (Å²) in [5.74, 6) is -0.487. The van der Waals surface area contributed by atoms with Crippen LogP contribution in [0.4, 0.5) is 9.80 Å². The first-order chi connectivity index (χ1) is 9.49. The van der Waals surface area contributed by atoms with Gasteiger partial charge in [-0.2, -0.15) is 0 Å². The van der Waals surface area contributed by atoms with E-state index >= 15 is 0 Å². The van der Waals surface area contributed by atoms with E-state index in [-0.39, 0.29) is 11.5 Å². The Balaban J connectivity index is 2.38. The summed E-state index contributed by atoms with van der Waals surface area (Å²) in [6.45, 7) is 2.03. The van der Waals surface area contributed by atoms with E-state index in [4.69, 9.17) is 11.5 Å². The lowest BCUT2D eigenvalue weighted by Crippen LogP contribution is -2.21. The molecule has 3 amide bonds. The van der Waals surface area contributed by atoms with Gasteiger partial charge in [0.2, 0.25) is 0 Å². The average Bonchev–Trinajstić information content (AvgIpc) is 2.82. The van der Waals surface area contributed by atoms with Crippen molar-refractivity contribution in [2.45, 2.75) is 12.8 Å². The number of nitrogens with one attached hydrogen (secondary N) is 1. The third-order valence-corrected chi connectivity index (χ3v) is 4.21. The summed E-state index contributed by atoms with van der Waals surface area (Å²) in [7, 11) is 0.